The molecular formula is C20H19N5OS2. The number of benzene rings is 1. The second-order valence-corrected chi connectivity index (χ2v) is 9.43. The zero-order valence-corrected chi connectivity index (χ0v) is 17.2. The van der Waals surface area contributed by atoms with E-state index in [1.54, 1.807) is 4.90 Å². The van der Waals surface area contributed by atoms with Crippen LogP contribution in [0.3, 0.4) is 0 Å². The maximum atomic E-state index is 13.3. The van der Waals surface area contributed by atoms with Gasteiger partial charge in [0.25, 0.3) is 0 Å². The number of allylic oxidation sites excluding steroid dienone is 3. The van der Waals surface area contributed by atoms with Crippen LogP contribution >= 0.6 is 23.6 Å². The maximum Gasteiger partial charge on any atom is 0.216 e. The fraction of sp³-hybridized carbons (Fsp3) is 0.300. The second kappa shape index (κ2) is 6.69. The molecule has 3 N–H and O–H groups in total. The molecule has 1 aromatic carbocycles. The molecule has 8 heteroatoms. The van der Waals surface area contributed by atoms with Crippen molar-refractivity contribution >= 4 is 34.5 Å². The Hall–Kier alpha value is -2.76. The Morgan fingerprint density at radius 3 is 2.68 bits per heavy atom. The Labute approximate surface area is 172 Å². The van der Waals surface area contributed by atoms with Gasteiger partial charge in [0.05, 0.1) is 17.6 Å². The van der Waals surface area contributed by atoms with Crippen LogP contribution in [0.1, 0.15) is 38.2 Å². The van der Waals surface area contributed by atoms with Crippen LogP contribution < -0.4 is 10.6 Å². The molecular weight excluding hydrogens is 390 g/mol. The highest BCUT2D eigenvalue weighted by Crippen LogP contribution is 2.50. The molecule has 142 valence electrons. The molecule has 0 amide bonds. The van der Waals surface area contributed by atoms with Crippen LogP contribution in [0.5, 0.6) is 0 Å². The molecule has 0 spiro atoms. The molecule has 0 bridgehead atoms. The first-order chi connectivity index (χ1) is 13.3. The predicted octanol–water partition coefficient (Wildman–Crippen LogP) is 4.14. The molecule has 2 aromatic rings. The van der Waals surface area contributed by atoms with Crippen molar-refractivity contribution in [1.82, 2.24) is 10.2 Å². The minimum absolute atomic E-state index is 0.0458. The number of nitrogens with two attached hydrogens (primary N) is 1. The summed E-state index contributed by atoms with van der Waals surface area (Å²) in [4.78, 5) is 15.0. The number of ketones is 1. The van der Waals surface area contributed by atoms with E-state index in [4.69, 9.17) is 18.0 Å². The number of nitrogens with zero attached hydrogens (tertiary/aromatic N) is 3. The molecule has 28 heavy (non-hydrogen) atoms. The van der Waals surface area contributed by atoms with E-state index in [1.165, 1.54) is 11.3 Å². The van der Waals surface area contributed by atoms with Gasteiger partial charge >= 0.3 is 0 Å². The van der Waals surface area contributed by atoms with Crippen LogP contribution in [-0.4, -0.2) is 16.0 Å². The highest BCUT2D eigenvalue weighted by atomic mass is 32.1. The van der Waals surface area contributed by atoms with Crippen molar-refractivity contribution in [2.75, 3.05) is 4.90 Å². The van der Waals surface area contributed by atoms with Gasteiger partial charge in [-0.1, -0.05) is 55.5 Å². The summed E-state index contributed by atoms with van der Waals surface area (Å²) in [6.07, 6.45) is 1.08. The van der Waals surface area contributed by atoms with E-state index in [2.05, 4.69) is 30.1 Å². The Balaban J connectivity index is 2.01. The standard InChI is InChI=1S/C20H19N5OS2/c1-20(2)8-13-16(14(26)9-20)15(11-6-4-3-5-7-11)12(10-21)17(22)25(13)18-23-24-19(27)28-18/h3-7,15H,8-9,22H2,1-2H3,(H,24,27). The van der Waals surface area contributed by atoms with E-state index in [9.17, 15) is 10.1 Å². The van der Waals surface area contributed by atoms with Gasteiger partial charge in [-0.25, -0.2) is 0 Å². The number of carbonyl (C=O) groups excluding carboxylic acids is 1. The second-order valence-electron chi connectivity index (χ2n) is 7.79. The van der Waals surface area contributed by atoms with E-state index in [1.807, 2.05) is 30.3 Å². The van der Waals surface area contributed by atoms with Gasteiger partial charge in [0.15, 0.2) is 9.74 Å². The Kier molecular flexibility index (Phi) is 4.44. The van der Waals surface area contributed by atoms with Gasteiger partial charge in [0.1, 0.15) is 5.82 Å². The van der Waals surface area contributed by atoms with Crippen LogP contribution in [0.4, 0.5) is 5.13 Å². The van der Waals surface area contributed by atoms with E-state index in [0.717, 1.165) is 11.3 Å². The van der Waals surface area contributed by atoms with E-state index < -0.39 is 5.92 Å². The number of Topliss-reactive ketones (excluding diaryl/α,β-unsaturated/α-hetero) is 1. The lowest BCUT2D eigenvalue weighted by atomic mass is 9.69. The molecule has 1 aliphatic heterocycles. The van der Waals surface area contributed by atoms with E-state index in [-0.39, 0.29) is 11.2 Å². The van der Waals surface area contributed by atoms with Crippen molar-refractivity contribution in [1.29, 1.82) is 5.26 Å². The topological polar surface area (TPSA) is 98.8 Å². The van der Waals surface area contributed by atoms with Gasteiger partial charge in [0, 0.05) is 17.7 Å². The Morgan fingerprint density at radius 1 is 1.36 bits per heavy atom. The van der Waals surface area contributed by atoms with Crippen LogP contribution in [0.15, 0.2) is 53.0 Å². The lowest BCUT2D eigenvalue weighted by Crippen LogP contribution is -2.42. The van der Waals surface area contributed by atoms with Gasteiger partial charge in [0.2, 0.25) is 5.13 Å². The molecule has 0 saturated carbocycles. The minimum atomic E-state index is -0.465. The number of hydrogen-bond acceptors (Lipinski definition) is 7. The van der Waals surface area contributed by atoms with Gasteiger partial charge in [-0.2, -0.15) is 5.26 Å². The van der Waals surface area contributed by atoms with E-state index in [0.29, 0.717) is 38.9 Å². The molecule has 6 nitrogen and oxygen atoms in total. The molecule has 4 rings (SSSR count). The first kappa shape index (κ1) is 18.6. The third kappa shape index (κ3) is 2.97. The average molecular weight is 410 g/mol. The molecule has 1 atom stereocenters. The number of carbonyl (C=O) groups is 1. The number of aromatic amines is 1. The molecule has 1 aliphatic carbocycles. The number of aromatic nitrogens is 2. The summed E-state index contributed by atoms with van der Waals surface area (Å²) in [5.74, 6) is -0.115. The van der Waals surface area contributed by atoms with Crippen LogP contribution in [0, 0.1) is 20.7 Å². The summed E-state index contributed by atoms with van der Waals surface area (Å²) in [6, 6.07) is 11.8. The number of nitrogens with one attached hydrogen (secondary N) is 1. The molecule has 1 aromatic heterocycles. The summed E-state index contributed by atoms with van der Waals surface area (Å²) < 4.78 is 0.509. The molecule has 2 heterocycles. The summed E-state index contributed by atoms with van der Waals surface area (Å²) in [5.41, 5.74) is 8.98. The van der Waals surface area contributed by atoms with Gasteiger partial charge < -0.3 is 5.73 Å². The largest absolute Gasteiger partial charge is 0.384 e. The molecule has 1 unspecified atom stereocenters. The normalized spacial score (nSPS) is 21.5. The SMILES string of the molecule is CC1(C)CC(=O)C2=C(C1)N(c1n[nH]c(=S)s1)C(N)=C(C#N)C2c1ccccc1. The van der Waals surface area contributed by atoms with Crippen LogP contribution in [0.25, 0.3) is 0 Å². The quantitative estimate of drug-likeness (QED) is 0.723. The van der Waals surface area contributed by atoms with Crippen molar-refractivity contribution in [3.05, 3.63) is 62.5 Å². The fourth-order valence-corrected chi connectivity index (χ4v) is 4.94. The van der Waals surface area contributed by atoms with Crippen molar-refractivity contribution in [2.45, 2.75) is 32.6 Å². The first-order valence-electron chi connectivity index (χ1n) is 8.89. The molecule has 2 aliphatic rings. The smallest absolute Gasteiger partial charge is 0.216 e. The Morgan fingerprint density at radius 2 is 2.07 bits per heavy atom. The number of anilines is 1. The average Bonchev–Trinajstić information content (AvgIpc) is 3.06. The number of nitriles is 1. The summed E-state index contributed by atoms with van der Waals surface area (Å²) >= 11 is 6.45. The number of H-pyrrole nitrogens is 1. The zero-order valence-electron chi connectivity index (χ0n) is 15.5. The molecule has 0 saturated heterocycles. The summed E-state index contributed by atoms with van der Waals surface area (Å²) in [7, 11) is 0. The number of rotatable bonds is 2. The van der Waals surface area contributed by atoms with Crippen molar-refractivity contribution < 1.29 is 4.79 Å². The Bertz CT molecular complexity index is 1120. The first-order valence-corrected chi connectivity index (χ1v) is 10.1. The van der Waals surface area contributed by atoms with Gasteiger partial charge in [-0.15, -0.1) is 5.10 Å². The van der Waals surface area contributed by atoms with Gasteiger partial charge in [-0.05, 0) is 29.6 Å². The van der Waals surface area contributed by atoms with Crippen molar-refractivity contribution in [3.8, 4) is 6.07 Å². The lowest BCUT2D eigenvalue weighted by molar-refractivity contribution is -0.118. The number of hydrogen-bond donors (Lipinski definition) is 2. The summed E-state index contributed by atoms with van der Waals surface area (Å²) in [5, 5.41) is 17.5. The predicted molar refractivity (Wildman–Crippen MR) is 111 cm³/mol. The summed E-state index contributed by atoms with van der Waals surface area (Å²) in [6.45, 7) is 4.13. The highest BCUT2D eigenvalue weighted by molar-refractivity contribution is 7.73. The van der Waals surface area contributed by atoms with Crippen LogP contribution in [-0.2, 0) is 4.79 Å². The van der Waals surface area contributed by atoms with Gasteiger partial charge in [-0.3, -0.25) is 14.8 Å². The minimum Gasteiger partial charge on any atom is -0.384 e. The molecule has 0 radical (unpaired) electrons. The molecule has 0 fully saturated rings. The lowest BCUT2D eigenvalue weighted by Gasteiger charge is -2.42. The van der Waals surface area contributed by atoms with Crippen LogP contribution in [0.2, 0.25) is 0 Å². The van der Waals surface area contributed by atoms with Crippen molar-refractivity contribution in [3.63, 3.8) is 0 Å². The monoisotopic (exact) mass is 409 g/mol. The fourth-order valence-electron chi connectivity index (χ4n) is 4.02. The van der Waals surface area contributed by atoms with E-state index >= 15 is 0 Å². The third-order valence-electron chi connectivity index (χ3n) is 5.13. The highest BCUT2D eigenvalue weighted by Gasteiger charge is 2.45. The van der Waals surface area contributed by atoms with Crippen molar-refractivity contribution in [2.24, 2.45) is 11.1 Å². The zero-order chi connectivity index (χ0) is 20.1. The maximum absolute atomic E-state index is 13.3. The third-order valence-corrected chi connectivity index (χ3v) is 6.21.